The highest BCUT2D eigenvalue weighted by Gasteiger charge is 2.24. The summed E-state index contributed by atoms with van der Waals surface area (Å²) in [6.07, 6.45) is 7.13. The predicted octanol–water partition coefficient (Wildman–Crippen LogP) is 4.52. The fraction of sp³-hybridized carbons (Fsp3) is 0.640. The summed E-state index contributed by atoms with van der Waals surface area (Å²) >= 11 is 0. The van der Waals surface area contributed by atoms with Crippen molar-refractivity contribution in [3.63, 3.8) is 0 Å². The van der Waals surface area contributed by atoms with E-state index < -0.39 is 0 Å². The maximum atomic E-state index is 12.6. The number of hydrogen-bond acceptors (Lipinski definition) is 6. The van der Waals surface area contributed by atoms with E-state index in [9.17, 15) is 4.79 Å². The topological polar surface area (TPSA) is 63.2 Å². The first-order chi connectivity index (χ1) is 15.1. The van der Waals surface area contributed by atoms with E-state index in [1.54, 1.807) is 7.11 Å². The van der Waals surface area contributed by atoms with Gasteiger partial charge in [0, 0.05) is 7.11 Å². The van der Waals surface area contributed by atoms with Gasteiger partial charge in [-0.1, -0.05) is 50.3 Å². The lowest BCUT2D eigenvalue weighted by Crippen LogP contribution is -2.29. The fourth-order valence-corrected chi connectivity index (χ4v) is 3.46. The van der Waals surface area contributed by atoms with Crippen molar-refractivity contribution in [2.75, 3.05) is 33.7 Å². The molecule has 2 rings (SSSR count). The number of esters is 1. The molecule has 4 atom stereocenters. The van der Waals surface area contributed by atoms with Crippen molar-refractivity contribution < 1.29 is 28.5 Å². The van der Waals surface area contributed by atoms with Crippen molar-refractivity contribution in [1.29, 1.82) is 0 Å². The van der Waals surface area contributed by atoms with Gasteiger partial charge in [0.15, 0.2) is 0 Å². The summed E-state index contributed by atoms with van der Waals surface area (Å²) in [6, 6.07) is 9.99. The van der Waals surface area contributed by atoms with E-state index >= 15 is 0 Å². The quantitative estimate of drug-likeness (QED) is 0.233. The van der Waals surface area contributed by atoms with Crippen molar-refractivity contribution in [2.24, 2.45) is 11.8 Å². The Bertz CT molecular complexity index is 632. The molecule has 174 valence electrons. The monoisotopic (exact) mass is 434 g/mol. The van der Waals surface area contributed by atoms with E-state index in [1.165, 1.54) is 0 Å². The van der Waals surface area contributed by atoms with Crippen molar-refractivity contribution in [2.45, 2.75) is 58.3 Å². The molecule has 0 bridgehead atoms. The summed E-state index contributed by atoms with van der Waals surface area (Å²) < 4.78 is 28.0. The van der Waals surface area contributed by atoms with Gasteiger partial charge in [-0.3, -0.25) is 4.79 Å². The van der Waals surface area contributed by atoms with Crippen LogP contribution in [-0.2, 0) is 35.1 Å². The van der Waals surface area contributed by atoms with Gasteiger partial charge < -0.3 is 23.7 Å². The molecule has 1 heterocycles. The van der Waals surface area contributed by atoms with E-state index in [1.807, 2.05) is 43.3 Å². The Morgan fingerprint density at radius 2 is 1.84 bits per heavy atom. The minimum Gasteiger partial charge on any atom is -0.455 e. The molecule has 1 aromatic rings. The number of cyclic esters (lactones) is 1. The lowest BCUT2D eigenvalue weighted by atomic mass is 9.92. The van der Waals surface area contributed by atoms with Gasteiger partial charge in [-0.05, 0) is 43.2 Å². The minimum atomic E-state index is -0.366. The highest BCUT2D eigenvalue weighted by molar-refractivity contribution is 5.72. The van der Waals surface area contributed by atoms with Crippen molar-refractivity contribution >= 4 is 5.97 Å². The van der Waals surface area contributed by atoms with E-state index in [2.05, 4.69) is 13.0 Å². The summed E-state index contributed by atoms with van der Waals surface area (Å²) in [7, 11) is 1.65. The first-order valence-corrected chi connectivity index (χ1v) is 11.3. The maximum Gasteiger partial charge on any atom is 0.309 e. The second-order valence-electron chi connectivity index (χ2n) is 8.16. The third kappa shape index (κ3) is 10.4. The Morgan fingerprint density at radius 1 is 1.03 bits per heavy atom. The molecule has 1 aliphatic heterocycles. The molecule has 1 aliphatic rings. The molecule has 0 aromatic heterocycles. The number of ether oxygens (including phenoxy) is 5. The van der Waals surface area contributed by atoms with Crippen LogP contribution in [0.15, 0.2) is 42.5 Å². The second-order valence-corrected chi connectivity index (χ2v) is 8.16. The molecule has 0 spiro atoms. The van der Waals surface area contributed by atoms with Gasteiger partial charge in [-0.2, -0.15) is 0 Å². The van der Waals surface area contributed by atoms with Gasteiger partial charge in [-0.15, -0.1) is 0 Å². The molecule has 31 heavy (non-hydrogen) atoms. The summed E-state index contributed by atoms with van der Waals surface area (Å²) in [4.78, 5) is 12.6. The van der Waals surface area contributed by atoms with Crippen LogP contribution < -0.4 is 0 Å². The summed E-state index contributed by atoms with van der Waals surface area (Å²) in [6.45, 7) is 6.27. The summed E-state index contributed by atoms with van der Waals surface area (Å²) in [5.41, 5.74) is 1.10. The first-order valence-electron chi connectivity index (χ1n) is 11.3. The molecule has 0 saturated heterocycles. The zero-order valence-electron chi connectivity index (χ0n) is 19.2. The number of hydrogen-bond donors (Lipinski definition) is 0. The average molecular weight is 435 g/mol. The smallest absolute Gasteiger partial charge is 0.309 e. The number of benzene rings is 1. The average Bonchev–Trinajstić information content (AvgIpc) is 2.77. The number of allylic oxidation sites excluding steroid dienone is 1. The fourth-order valence-electron chi connectivity index (χ4n) is 3.46. The van der Waals surface area contributed by atoms with Gasteiger partial charge in [0.25, 0.3) is 0 Å². The summed E-state index contributed by atoms with van der Waals surface area (Å²) in [5, 5.41) is 0. The van der Waals surface area contributed by atoms with Crippen LogP contribution in [0.4, 0.5) is 0 Å². The molecule has 1 aromatic carbocycles. The predicted molar refractivity (Wildman–Crippen MR) is 119 cm³/mol. The SMILES string of the molecule is COCCOCO[C@@H]1CC[C@H](C)C(=O)O[C@H](COCc2ccccc2)/C=C\CC[C@@H]1C. The minimum absolute atomic E-state index is 0.0515. The van der Waals surface area contributed by atoms with Gasteiger partial charge in [-0.25, -0.2) is 0 Å². The molecule has 0 saturated carbocycles. The lowest BCUT2D eigenvalue weighted by Gasteiger charge is -2.26. The van der Waals surface area contributed by atoms with E-state index in [-0.39, 0.29) is 30.9 Å². The van der Waals surface area contributed by atoms with Crippen LogP contribution in [0.3, 0.4) is 0 Å². The molecule has 0 fully saturated rings. The van der Waals surface area contributed by atoms with Gasteiger partial charge in [0.2, 0.25) is 0 Å². The van der Waals surface area contributed by atoms with Crippen LogP contribution in [0.2, 0.25) is 0 Å². The van der Waals surface area contributed by atoms with Gasteiger partial charge >= 0.3 is 5.97 Å². The van der Waals surface area contributed by atoms with E-state index in [0.29, 0.717) is 38.8 Å². The second kappa shape index (κ2) is 15.1. The van der Waals surface area contributed by atoms with Gasteiger partial charge in [0.1, 0.15) is 12.9 Å². The molecule has 6 nitrogen and oxygen atoms in total. The Morgan fingerprint density at radius 3 is 2.61 bits per heavy atom. The Hall–Kier alpha value is -1.73. The number of methoxy groups -OCH3 is 1. The number of carbonyl (C=O) groups is 1. The van der Waals surface area contributed by atoms with Crippen LogP contribution in [0.25, 0.3) is 0 Å². The third-order valence-electron chi connectivity index (χ3n) is 5.52. The molecule has 0 unspecified atom stereocenters. The molecule has 0 aliphatic carbocycles. The molecule has 0 amide bonds. The maximum absolute atomic E-state index is 12.6. The summed E-state index contributed by atoms with van der Waals surface area (Å²) in [5.74, 6) is -0.0236. The molecular weight excluding hydrogens is 396 g/mol. The highest BCUT2D eigenvalue weighted by Crippen LogP contribution is 2.23. The zero-order valence-corrected chi connectivity index (χ0v) is 19.2. The molecule has 6 heteroatoms. The molecule has 0 N–H and O–H groups in total. The Kier molecular flexibility index (Phi) is 12.5. The largest absolute Gasteiger partial charge is 0.455 e. The molecular formula is C25H38O6. The van der Waals surface area contributed by atoms with Crippen LogP contribution in [-0.4, -0.2) is 51.9 Å². The third-order valence-corrected chi connectivity index (χ3v) is 5.52. The van der Waals surface area contributed by atoms with Crippen LogP contribution >= 0.6 is 0 Å². The normalized spacial score (nSPS) is 26.5. The highest BCUT2D eigenvalue weighted by atomic mass is 16.7. The number of rotatable bonds is 10. The van der Waals surface area contributed by atoms with Crippen LogP contribution in [0, 0.1) is 11.8 Å². The number of carbonyl (C=O) groups excluding carboxylic acids is 1. The van der Waals surface area contributed by atoms with Crippen molar-refractivity contribution in [3.8, 4) is 0 Å². The first kappa shape index (κ1) is 25.5. The standard InChI is InChI=1S/C25H38O6/c1-20-9-7-8-12-23(18-29-17-22-10-5-4-6-11-22)31-25(26)21(2)13-14-24(20)30-19-28-16-15-27-3/h4-6,8,10-12,20-21,23-24H,7,9,13-19H2,1-3H3/b12-8-/t20-,21-,23-,24+/m0/s1. The van der Waals surface area contributed by atoms with Gasteiger partial charge in [0.05, 0.1) is 38.4 Å². The van der Waals surface area contributed by atoms with Crippen LogP contribution in [0.5, 0.6) is 0 Å². The van der Waals surface area contributed by atoms with E-state index in [0.717, 1.165) is 24.8 Å². The lowest BCUT2D eigenvalue weighted by molar-refractivity contribution is -0.155. The zero-order chi connectivity index (χ0) is 22.3. The Balaban J connectivity index is 1.87. The molecule has 0 radical (unpaired) electrons. The van der Waals surface area contributed by atoms with Crippen molar-refractivity contribution in [1.82, 2.24) is 0 Å². The van der Waals surface area contributed by atoms with Crippen LogP contribution in [0.1, 0.15) is 45.1 Å². The van der Waals surface area contributed by atoms with E-state index in [4.69, 9.17) is 23.7 Å². The van der Waals surface area contributed by atoms with Crippen molar-refractivity contribution in [3.05, 3.63) is 48.0 Å². The Labute approximate surface area is 186 Å².